The molecule has 0 radical (unpaired) electrons. The topological polar surface area (TPSA) is 34.2 Å². The summed E-state index contributed by atoms with van der Waals surface area (Å²) in [5.41, 5.74) is 1.33. The molecule has 19 heavy (non-hydrogen) atoms. The zero-order valence-electron chi connectivity index (χ0n) is 11.3. The average molecular weight is 256 g/mol. The van der Waals surface area contributed by atoms with E-state index in [0.717, 1.165) is 19.6 Å². The van der Waals surface area contributed by atoms with Gasteiger partial charge in [0.1, 0.15) is 0 Å². The minimum atomic E-state index is 0.276. The number of hydrogen-bond donors (Lipinski definition) is 1. The van der Waals surface area contributed by atoms with Gasteiger partial charge in [-0.1, -0.05) is 25.1 Å². The zero-order chi connectivity index (χ0) is 13.1. The van der Waals surface area contributed by atoms with Gasteiger partial charge in [0, 0.05) is 24.4 Å². The normalized spacial score (nSPS) is 20.8. The molecule has 1 aromatic heterocycles. The molecule has 0 amide bonds. The van der Waals surface area contributed by atoms with Gasteiger partial charge in [-0.2, -0.15) is 0 Å². The second-order valence-corrected chi connectivity index (χ2v) is 5.03. The largest absolute Gasteiger partial charge is 0.376 e. The Labute approximate surface area is 114 Å². The Morgan fingerprint density at radius 3 is 3.16 bits per heavy atom. The first-order valence-electron chi connectivity index (χ1n) is 7.08. The first-order chi connectivity index (χ1) is 9.40. The minimum Gasteiger partial charge on any atom is -0.376 e. The van der Waals surface area contributed by atoms with Gasteiger partial charge in [0.2, 0.25) is 0 Å². The SMILES string of the molecule is CCNC(c1cccc2cnccc12)C1CCCO1. The van der Waals surface area contributed by atoms with Gasteiger partial charge in [-0.15, -0.1) is 0 Å². The van der Waals surface area contributed by atoms with Crippen molar-refractivity contribution in [2.45, 2.75) is 31.9 Å². The van der Waals surface area contributed by atoms with Crippen LogP contribution in [0.4, 0.5) is 0 Å². The van der Waals surface area contributed by atoms with Crippen LogP contribution < -0.4 is 5.32 Å². The highest BCUT2D eigenvalue weighted by Gasteiger charge is 2.27. The third kappa shape index (κ3) is 2.48. The lowest BCUT2D eigenvalue weighted by Gasteiger charge is -2.25. The highest BCUT2D eigenvalue weighted by Crippen LogP contribution is 2.31. The second-order valence-electron chi connectivity index (χ2n) is 5.03. The van der Waals surface area contributed by atoms with Gasteiger partial charge < -0.3 is 10.1 Å². The van der Waals surface area contributed by atoms with E-state index in [1.807, 2.05) is 12.4 Å². The first kappa shape index (κ1) is 12.6. The van der Waals surface area contributed by atoms with E-state index in [4.69, 9.17) is 4.74 Å². The lowest BCUT2D eigenvalue weighted by molar-refractivity contribution is 0.0792. The van der Waals surface area contributed by atoms with E-state index in [2.05, 4.69) is 41.5 Å². The summed E-state index contributed by atoms with van der Waals surface area (Å²) in [5, 5.41) is 6.06. The third-order valence-electron chi connectivity index (χ3n) is 3.81. The molecule has 1 N–H and O–H groups in total. The number of aromatic nitrogens is 1. The van der Waals surface area contributed by atoms with Crippen molar-refractivity contribution in [3.8, 4) is 0 Å². The van der Waals surface area contributed by atoms with Crippen molar-refractivity contribution in [2.24, 2.45) is 0 Å². The molecule has 3 heteroatoms. The fraction of sp³-hybridized carbons (Fsp3) is 0.438. The molecule has 2 unspecified atom stereocenters. The molecule has 2 aromatic rings. The Morgan fingerprint density at radius 2 is 2.37 bits per heavy atom. The maximum absolute atomic E-state index is 5.89. The Balaban J connectivity index is 2.03. The van der Waals surface area contributed by atoms with Crippen LogP contribution in [0.1, 0.15) is 31.4 Å². The van der Waals surface area contributed by atoms with E-state index in [9.17, 15) is 0 Å². The maximum atomic E-state index is 5.89. The Morgan fingerprint density at radius 1 is 1.42 bits per heavy atom. The molecular weight excluding hydrogens is 236 g/mol. The van der Waals surface area contributed by atoms with Crippen LogP contribution in [0.15, 0.2) is 36.7 Å². The highest BCUT2D eigenvalue weighted by molar-refractivity contribution is 5.85. The molecule has 0 saturated carbocycles. The fourth-order valence-electron chi connectivity index (χ4n) is 2.95. The number of fused-ring (bicyclic) bond motifs is 1. The van der Waals surface area contributed by atoms with Crippen LogP contribution in [-0.2, 0) is 4.74 Å². The standard InChI is InChI=1S/C16H20N2O/c1-2-18-16(15-7-4-10-19-15)14-6-3-5-12-11-17-9-8-13(12)14/h3,5-6,8-9,11,15-16,18H,2,4,7,10H2,1H3. The van der Waals surface area contributed by atoms with Crippen LogP contribution in [0.5, 0.6) is 0 Å². The van der Waals surface area contributed by atoms with Crippen molar-refractivity contribution < 1.29 is 4.74 Å². The molecule has 0 bridgehead atoms. The molecule has 0 aliphatic carbocycles. The van der Waals surface area contributed by atoms with E-state index in [1.54, 1.807) is 0 Å². The number of rotatable bonds is 4. The number of nitrogens with zero attached hydrogens (tertiary/aromatic N) is 1. The van der Waals surface area contributed by atoms with Crippen LogP contribution in [0.3, 0.4) is 0 Å². The molecule has 1 aromatic carbocycles. The Kier molecular flexibility index (Phi) is 3.76. The summed E-state index contributed by atoms with van der Waals surface area (Å²) in [6, 6.07) is 8.81. The van der Waals surface area contributed by atoms with E-state index in [0.29, 0.717) is 6.10 Å². The fourth-order valence-corrected chi connectivity index (χ4v) is 2.95. The van der Waals surface area contributed by atoms with Crippen molar-refractivity contribution in [1.82, 2.24) is 10.3 Å². The van der Waals surface area contributed by atoms with Gasteiger partial charge in [-0.25, -0.2) is 0 Å². The highest BCUT2D eigenvalue weighted by atomic mass is 16.5. The van der Waals surface area contributed by atoms with E-state index in [1.165, 1.54) is 22.8 Å². The predicted molar refractivity (Wildman–Crippen MR) is 77.1 cm³/mol. The molecule has 2 atom stereocenters. The lowest BCUT2D eigenvalue weighted by Crippen LogP contribution is -2.31. The molecule has 3 nitrogen and oxygen atoms in total. The van der Waals surface area contributed by atoms with Gasteiger partial charge >= 0.3 is 0 Å². The second kappa shape index (κ2) is 5.68. The molecule has 1 fully saturated rings. The number of hydrogen-bond acceptors (Lipinski definition) is 3. The van der Waals surface area contributed by atoms with Gasteiger partial charge in [0.05, 0.1) is 12.1 Å². The smallest absolute Gasteiger partial charge is 0.0770 e. The van der Waals surface area contributed by atoms with Gasteiger partial charge in [0.25, 0.3) is 0 Å². The molecule has 1 saturated heterocycles. The third-order valence-corrected chi connectivity index (χ3v) is 3.81. The van der Waals surface area contributed by atoms with Crippen LogP contribution in [-0.4, -0.2) is 24.2 Å². The van der Waals surface area contributed by atoms with Crippen molar-refractivity contribution in [2.75, 3.05) is 13.2 Å². The molecule has 3 rings (SSSR count). The van der Waals surface area contributed by atoms with E-state index in [-0.39, 0.29) is 6.04 Å². The van der Waals surface area contributed by atoms with Crippen LogP contribution >= 0.6 is 0 Å². The molecule has 100 valence electrons. The predicted octanol–water partition coefficient (Wildman–Crippen LogP) is 3.06. The number of likely N-dealkylation sites (N-methyl/N-ethyl adjacent to an activating group) is 1. The zero-order valence-corrected chi connectivity index (χ0v) is 11.3. The summed E-state index contributed by atoms with van der Waals surface area (Å²) < 4.78 is 5.89. The van der Waals surface area contributed by atoms with Crippen molar-refractivity contribution in [3.63, 3.8) is 0 Å². The molecule has 1 aliphatic rings. The molecule has 2 heterocycles. The van der Waals surface area contributed by atoms with Crippen molar-refractivity contribution in [1.29, 1.82) is 0 Å². The van der Waals surface area contributed by atoms with E-state index < -0.39 is 0 Å². The Bertz CT molecular complexity index is 544. The van der Waals surface area contributed by atoms with E-state index >= 15 is 0 Å². The minimum absolute atomic E-state index is 0.276. The van der Waals surface area contributed by atoms with Crippen LogP contribution in [0.25, 0.3) is 10.8 Å². The molecule has 0 spiro atoms. The first-order valence-corrected chi connectivity index (χ1v) is 7.08. The van der Waals surface area contributed by atoms with Gasteiger partial charge in [-0.3, -0.25) is 4.98 Å². The summed E-state index contributed by atoms with van der Waals surface area (Å²) in [6.07, 6.45) is 6.39. The van der Waals surface area contributed by atoms with Crippen molar-refractivity contribution >= 4 is 10.8 Å². The molecular formula is C16H20N2O. The average Bonchev–Trinajstić information content (AvgIpc) is 2.98. The number of pyridine rings is 1. The number of nitrogens with one attached hydrogen (secondary N) is 1. The summed E-state index contributed by atoms with van der Waals surface area (Å²) in [4.78, 5) is 4.21. The summed E-state index contributed by atoms with van der Waals surface area (Å²) in [6.45, 7) is 3.99. The summed E-state index contributed by atoms with van der Waals surface area (Å²) in [5.74, 6) is 0. The molecule has 1 aliphatic heterocycles. The number of ether oxygens (including phenoxy) is 1. The Hall–Kier alpha value is -1.45. The maximum Gasteiger partial charge on any atom is 0.0770 e. The van der Waals surface area contributed by atoms with Crippen LogP contribution in [0.2, 0.25) is 0 Å². The van der Waals surface area contributed by atoms with Crippen LogP contribution in [0, 0.1) is 0 Å². The monoisotopic (exact) mass is 256 g/mol. The number of benzene rings is 1. The summed E-state index contributed by atoms with van der Waals surface area (Å²) >= 11 is 0. The quantitative estimate of drug-likeness (QED) is 0.913. The van der Waals surface area contributed by atoms with Gasteiger partial charge in [-0.05, 0) is 36.4 Å². The lowest BCUT2D eigenvalue weighted by atomic mass is 9.95. The summed E-state index contributed by atoms with van der Waals surface area (Å²) in [7, 11) is 0. The van der Waals surface area contributed by atoms with Crippen molar-refractivity contribution in [3.05, 3.63) is 42.2 Å². The van der Waals surface area contributed by atoms with Gasteiger partial charge in [0.15, 0.2) is 0 Å².